The predicted molar refractivity (Wildman–Crippen MR) is 72.9 cm³/mol. The van der Waals surface area contributed by atoms with E-state index >= 15 is 0 Å². The zero-order valence-corrected chi connectivity index (χ0v) is 10.7. The molecule has 4 heteroatoms. The number of rotatable bonds is 3. The molecule has 0 heterocycles. The molecule has 0 aliphatic heterocycles. The monoisotopic (exact) mass is 260 g/mol. The molecular weight excluding hydrogens is 243 g/mol. The zero-order chi connectivity index (χ0) is 13.7. The lowest BCUT2D eigenvalue weighted by atomic mass is 9.83. The first-order chi connectivity index (χ1) is 9.19. The first-order valence-corrected chi connectivity index (χ1v) is 6.47. The normalized spacial score (nSPS) is 14.2. The lowest BCUT2D eigenvalue weighted by Crippen LogP contribution is -2.20. The number of halogens is 1. The number of anilines is 1. The molecule has 1 aromatic carbocycles. The van der Waals surface area contributed by atoms with E-state index in [0.29, 0.717) is 18.0 Å². The van der Waals surface area contributed by atoms with Gasteiger partial charge in [-0.1, -0.05) is 18.3 Å². The van der Waals surface area contributed by atoms with Crippen LogP contribution in [0.1, 0.15) is 31.2 Å². The lowest BCUT2D eigenvalue weighted by Gasteiger charge is -2.24. The van der Waals surface area contributed by atoms with Crippen LogP contribution in [0.3, 0.4) is 0 Å². The van der Waals surface area contributed by atoms with Crippen molar-refractivity contribution in [1.82, 2.24) is 0 Å². The van der Waals surface area contributed by atoms with Crippen molar-refractivity contribution >= 4 is 11.6 Å². The minimum Gasteiger partial charge on any atom is -0.326 e. The smallest absolute Gasteiger partial charge is 0.224 e. The summed E-state index contributed by atoms with van der Waals surface area (Å²) in [6.45, 7) is 0.178. The van der Waals surface area contributed by atoms with E-state index < -0.39 is 5.82 Å². The number of carbonyl (C=O) groups is 1. The molecule has 0 bridgehead atoms. The van der Waals surface area contributed by atoms with E-state index in [1.54, 1.807) is 6.07 Å². The van der Waals surface area contributed by atoms with E-state index in [-0.39, 0.29) is 18.0 Å². The average molecular weight is 260 g/mol. The molecule has 1 aliphatic rings. The van der Waals surface area contributed by atoms with E-state index in [9.17, 15) is 9.18 Å². The fourth-order valence-electron chi connectivity index (χ4n) is 2.02. The third kappa shape index (κ3) is 3.80. The van der Waals surface area contributed by atoms with Gasteiger partial charge >= 0.3 is 0 Å². The Morgan fingerprint density at radius 2 is 2.26 bits per heavy atom. The molecule has 0 unspecified atom stereocenters. The minimum atomic E-state index is -0.405. The highest BCUT2D eigenvalue weighted by Crippen LogP contribution is 2.29. The summed E-state index contributed by atoms with van der Waals surface area (Å²) in [4.78, 5) is 11.8. The van der Waals surface area contributed by atoms with Gasteiger partial charge in [0.1, 0.15) is 5.82 Å². The van der Waals surface area contributed by atoms with Gasteiger partial charge in [-0.25, -0.2) is 4.39 Å². The van der Waals surface area contributed by atoms with Crippen LogP contribution in [0.2, 0.25) is 0 Å². The Bertz CT molecular complexity index is 527. The van der Waals surface area contributed by atoms with Gasteiger partial charge in [-0.05, 0) is 37.0 Å². The zero-order valence-electron chi connectivity index (χ0n) is 10.7. The molecule has 1 saturated carbocycles. The highest BCUT2D eigenvalue weighted by atomic mass is 19.1. The second-order valence-corrected chi connectivity index (χ2v) is 4.75. The molecule has 0 aromatic heterocycles. The molecule has 1 aliphatic carbocycles. The van der Waals surface area contributed by atoms with E-state index in [1.165, 1.54) is 18.6 Å². The Morgan fingerprint density at radius 3 is 2.89 bits per heavy atom. The number of benzene rings is 1. The van der Waals surface area contributed by atoms with Crippen LogP contribution in [0.15, 0.2) is 18.2 Å². The fraction of sp³-hybridized carbons (Fsp3) is 0.400. The van der Waals surface area contributed by atoms with E-state index in [2.05, 4.69) is 17.2 Å². The molecule has 0 spiro atoms. The highest BCUT2D eigenvalue weighted by Gasteiger charge is 2.20. The molecule has 1 amide bonds. The van der Waals surface area contributed by atoms with Crippen LogP contribution in [0.25, 0.3) is 0 Å². The highest BCUT2D eigenvalue weighted by molar-refractivity contribution is 5.91. The quantitative estimate of drug-likeness (QED) is 0.819. The molecule has 0 atom stereocenters. The van der Waals surface area contributed by atoms with Crippen molar-refractivity contribution in [3.05, 3.63) is 29.6 Å². The van der Waals surface area contributed by atoms with Crippen LogP contribution < -0.4 is 11.1 Å². The Hall–Kier alpha value is -1.86. The third-order valence-corrected chi connectivity index (χ3v) is 3.27. The first-order valence-electron chi connectivity index (χ1n) is 6.47. The Labute approximate surface area is 112 Å². The summed E-state index contributed by atoms with van der Waals surface area (Å²) < 4.78 is 13.4. The molecule has 1 fully saturated rings. The SMILES string of the molecule is NCC#Cc1cc(NC(=O)CC2CCC2)ccc1F. The standard InChI is InChI=1S/C15H17FN2O/c16-14-7-6-13(10-12(14)5-2-8-17)18-15(19)9-11-3-1-4-11/h6-7,10-11H,1,3-4,8-9,17H2,(H,18,19). The summed E-state index contributed by atoms with van der Waals surface area (Å²) in [5.41, 5.74) is 6.09. The van der Waals surface area contributed by atoms with Crippen LogP contribution in [-0.2, 0) is 4.79 Å². The molecule has 3 N–H and O–H groups in total. The number of carbonyl (C=O) groups excluding carboxylic acids is 1. The summed E-state index contributed by atoms with van der Waals surface area (Å²) in [5.74, 6) is 5.34. The van der Waals surface area contributed by atoms with Gasteiger partial charge in [0.15, 0.2) is 0 Å². The van der Waals surface area contributed by atoms with Gasteiger partial charge in [-0.3, -0.25) is 4.79 Å². The number of hydrogen-bond donors (Lipinski definition) is 2. The largest absolute Gasteiger partial charge is 0.326 e. The predicted octanol–water partition coefficient (Wildman–Crippen LogP) is 2.26. The minimum absolute atomic E-state index is 0.0194. The maximum Gasteiger partial charge on any atom is 0.224 e. The molecule has 2 rings (SSSR count). The summed E-state index contributed by atoms with van der Waals surface area (Å²) in [7, 11) is 0. The topological polar surface area (TPSA) is 55.1 Å². The van der Waals surface area contributed by atoms with Gasteiger partial charge < -0.3 is 11.1 Å². The maximum atomic E-state index is 13.4. The molecule has 19 heavy (non-hydrogen) atoms. The van der Waals surface area contributed by atoms with Crippen LogP contribution in [0.4, 0.5) is 10.1 Å². The van der Waals surface area contributed by atoms with Crippen molar-refractivity contribution in [2.75, 3.05) is 11.9 Å². The molecule has 1 aromatic rings. The van der Waals surface area contributed by atoms with Crippen molar-refractivity contribution in [3.8, 4) is 11.8 Å². The second-order valence-electron chi connectivity index (χ2n) is 4.75. The second kappa shape index (κ2) is 6.35. The van der Waals surface area contributed by atoms with Crippen molar-refractivity contribution in [1.29, 1.82) is 0 Å². The van der Waals surface area contributed by atoms with Crippen LogP contribution in [-0.4, -0.2) is 12.5 Å². The van der Waals surface area contributed by atoms with Gasteiger partial charge in [-0.15, -0.1) is 0 Å². The molecular formula is C15H17FN2O. The third-order valence-electron chi connectivity index (χ3n) is 3.27. The summed E-state index contributed by atoms with van der Waals surface area (Å²) in [6, 6.07) is 4.39. The Balaban J connectivity index is 2.01. The number of hydrogen-bond acceptors (Lipinski definition) is 2. The average Bonchev–Trinajstić information content (AvgIpc) is 2.34. The van der Waals surface area contributed by atoms with E-state index in [1.807, 2.05) is 0 Å². The summed E-state index contributed by atoms with van der Waals surface area (Å²) in [6.07, 6.45) is 4.02. The van der Waals surface area contributed by atoms with Crippen LogP contribution in [0.5, 0.6) is 0 Å². The Morgan fingerprint density at radius 1 is 1.47 bits per heavy atom. The Kier molecular flexibility index (Phi) is 4.53. The van der Waals surface area contributed by atoms with E-state index in [4.69, 9.17) is 5.73 Å². The number of nitrogens with one attached hydrogen (secondary N) is 1. The van der Waals surface area contributed by atoms with Gasteiger partial charge in [0.25, 0.3) is 0 Å². The van der Waals surface area contributed by atoms with Gasteiger partial charge in [0.05, 0.1) is 12.1 Å². The molecule has 0 radical (unpaired) electrons. The van der Waals surface area contributed by atoms with Crippen molar-refractivity contribution < 1.29 is 9.18 Å². The first kappa shape index (κ1) is 13.6. The van der Waals surface area contributed by atoms with Crippen molar-refractivity contribution in [2.24, 2.45) is 11.7 Å². The van der Waals surface area contributed by atoms with Crippen LogP contribution >= 0.6 is 0 Å². The van der Waals surface area contributed by atoms with Crippen LogP contribution in [0, 0.1) is 23.6 Å². The van der Waals surface area contributed by atoms with Crippen molar-refractivity contribution in [2.45, 2.75) is 25.7 Å². The molecule has 0 saturated heterocycles. The van der Waals surface area contributed by atoms with Crippen molar-refractivity contribution in [3.63, 3.8) is 0 Å². The van der Waals surface area contributed by atoms with Gasteiger partial charge in [0, 0.05) is 12.1 Å². The van der Waals surface area contributed by atoms with E-state index in [0.717, 1.165) is 12.8 Å². The lowest BCUT2D eigenvalue weighted by molar-refractivity contribution is -0.117. The number of amides is 1. The molecule has 100 valence electrons. The summed E-state index contributed by atoms with van der Waals surface area (Å²) >= 11 is 0. The van der Waals surface area contributed by atoms with Gasteiger partial charge in [-0.2, -0.15) is 0 Å². The van der Waals surface area contributed by atoms with Gasteiger partial charge in [0.2, 0.25) is 5.91 Å². The fourth-order valence-corrected chi connectivity index (χ4v) is 2.02. The maximum absolute atomic E-state index is 13.4. The molecule has 3 nitrogen and oxygen atoms in total. The number of nitrogens with two attached hydrogens (primary N) is 1. The summed E-state index contributed by atoms with van der Waals surface area (Å²) in [5, 5.41) is 2.78.